The predicted octanol–water partition coefficient (Wildman–Crippen LogP) is 4.44. The van der Waals surface area contributed by atoms with Crippen LogP contribution in [-0.2, 0) is 0 Å². The van der Waals surface area contributed by atoms with E-state index in [1.54, 1.807) is 22.7 Å². The average Bonchev–Trinajstić information content (AvgIpc) is 3.00. The molecule has 0 saturated heterocycles. The van der Waals surface area contributed by atoms with E-state index in [4.69, 9.17) is 4.74 Å². The number of benzene rings is 1. The third-order valence-corrected chi connectivity index (χ3v) is 5.08. The van der Waals surface area contributed by atoms with Crippen LogP contribution in [0.15, 0.2) is 41.8 Å². The SMILES string of the molecule is CCOc1ccc(C(O)c2cc3sccc3s2)cc1. The molecule has 1 aromatic carbocycles. The van der Waals surface area contributed by atoms with Crippen LogP contribution in [0.3, 0.4) is 0 Å². The van der Waals surface area contributed by atoms with Crippen molar-refractivity contribution in [2.75, 3.05) is 6.61 Å². The van der Waals surface area contributed by atoms with E-state index in [-0.39, 0.29) is 0 Å². The lowest BCUT2D eigenvalue weighted by atomic mass is 10.1. The number of hydrogen-bond donors (Lipinski definition) is 1. The summed E-state index contributed by atoms with van der Waals surface area (Å²) in [4.78, 5) is 0.992. The van der Waals surface area contributed by atoms with Gasteiger partial charge in [0.1, 0.15) is 11.9 Å². The van der Waals surface area contributed by atoms with Gasteiger partial charge in [-0.05, 0) is 42.1 Å². The highest BCUT2D eigenvalue weighted by atomic mass is 32.1. The Bertz CT molecular complexity index is 638. The number of ether oxygens (including phenoxy) is 1. The quantitative estimate of drug-likeness (QED) is 0.769. The molecule has 0 spiro atoms. The minimum absolute atomic E-state index is 0.555. The molecule has 0 saturated carbocycles. The van der Waals surface area contributed by atoms with Crippen molar-refractivity contribution in [2.45, 2.75) is 13.0 Å². The molecule has 2 heterocycles. The van der Waals surface area contributed by atoms with Gasteiger partial charge >= 0.3 is 0 Å². The number of aliphatic hydroxyl groups is 1. The van der Waals surface area contributed by atoms with E-state index in [9.17, 15) is 5.11 Å². The van der Waals surface area contributed by atoms with E-state index in [1.807, 2.05) is 31.2 Å². The second-order valence-electron chi connectivity index (χ2n) is 4.20. The molecule has 0 aliphatic rings. The molecule has 0 bridgehead atoms. The molecule has 0 amide bonds. The van der Waals surface area contributed by atoms with Gasteiger partial charge in [0, 0.05) is 14.3 Å². The first-order valence-electron chi connectivity index (χ1n) is 6.15. The van der Waals surface area contributed by atoms with Crippen LogP contribution in [0.1, 0.15) is 23.5 Å². The maximum Gasteiger partial charge on any atom is 0.119 e. The van der Waals surface area contributed by atoms with E-state index in [2.05, 4.69) is 17.5 Å². The molecule has 0 fully saturated rings. The largest absolute Gasteiger partial charge is 0.494 e. The van der Waals surface area contributed by atoms with Gasteiger partial charge in [0.05, 0.1) is 6.61 Å². The fourth-order valence-electron chi connectivity index (χ4n) is 2.00. The summed E-state index contributed by atoms with van der Waals surface area (Å²) in [5.74, 6) is 0.839. The Kier molecular flexibility index (Phi) is 3.55. The maximum atomic E-state index is 10.4. The van der Waals surface area contributed by atoms with Gasteiger partial charge in [-0.1, -0.05) is 12.1 Å². The molecule has 0 aliphatic heterocycles. The topological polar surface area (TPSA) is 29.5 Å². The second kappa shape index (κ2) is 5.33. The van der Waals surface area contributed by atoms with Crippen molar-refractivity contribution in [3.63, 3.8) is 0 Å². The summed E-state index contributed by atoms with van der Waals surface area (Å²) in [7, 11) is 0. The molecule has 0 aliphatic carbocycles. The number of aliphatic hydroxyl groups excluding tert-OH is 1. The number of hydrogen-bond acceptors (Lipinski definition) is 4. The van der Waals surface area contributed by atoms with E-state index < -0.39 is 6.10 Å². The lowest BCUT2D eigenvalue weighted by Gasteiger charge is -2.10. The van der Waals surface area contributed by atoms with Gasteiger partial charge in [-0.2, -0.15) is 0 Å². The second-order valence-corrected chi connectivity index (χ2v) is 6.27. The van der Waals surface area contributed by atoms with Gasteiger partial charge in [-0.3, -0.25) is 0 Å². The third-order valence-electron chi connectivity index (χ3n) is 2.93. The summed E-state index contributed by atoms with van der Waals surface area (Å²) in [6.07, 6.45) is -0.555. The van der Waals surface area contributed by atoms with Crippen LogP contribution in [0.25, 0.3) is 9.40 Å². The molecule has 1 atom stereocenters. The molecule has 3 rings (SSSR count). The van der Waals surface area contributed by atoms with Crippen molar-refractivity contribution in [2.24, 2.45) is 0 Å². The van der Waals surface area contributed by atoms with Crippen molar-refractivity contribution in [1.82, 2.24) is 0 Å². The third kappa shape index (κ3) is 2.52. The Morgan fingerprint density at radius 1 is 1.16 bits per heavy atom. The van der Waals surface area contributed by atoms with Crippen LogP contribution in [0.5, 0.6) is 5.75 Å². The molecule has 1 unspecified atom stereocenters. The summed E-state index contributed by atoms with van der Waals surface area (Å²) in [5.41, 5.74) is 0.900. The monoisotopic (exact) mass is 290 g/mol. The minimum atomic E-state index is -0.555. The van der Waals surface area contributed by atoms with E-state index >= 15 is 0 Å². The highest BCUT2D eigenvalue weighted by molar-refractivity contribution is 7.26. The average molecular weight is 290 g/mol. The first-order chi connectivity index (χ1) is 9.28. The Labute approximate surface area is 119 Å². The lowest BCUT2D eigenvalue weighted by Crippen LogP contribution is -1.97. The molecule has 19 heavy (non-hydrogen) atoms. The van der Waals surface area contributed by atoms with Gasteiger partial charge in [0.2, 0.25) is 0 Å². The van der Waals surface area contributed by atoms with Crippen LogP contribution in [0.2, 0.25) is 0 Å². The van der Waals surface area contributed by atoms with Crippen molar-refractivity contribution in [1.29, 1.82) is 0 Å². The summed E-state index contributed by atoms with van der Waals surface area (Å²) >= 11 is 3.36. The smallest absolute Gasteiger partial charge is 0.119 e. The summed E-state index contributed by atoms with van der Waals surface area (Å²) in [5, 5.41) is 12.5. The zero-order chi connectivity index (χ0) is 13.2. The molecule has 2 nitrogen and oxygen atoms in total. The zero-order valence-corrected chi connectivity index (χ0v) is 12.1. The van der Waals surface area contributed by atoms with E-state index in [0.29, 0.717) is 6.61 Å². The van der Waals surface area contributed by atoms with Crippen molar-refractivity contribution in [3.05, 3.63) is 52.2 Å². The highest BCUT2D eigenvalue weighted by Gasteiger charge is 2.14. The lowest BCUT2D eigenvalue weighted by molar-refractivity contribution is 0.224. The van der Waals surface area contributed by atoms with Gasteiger partial charge in [-0.15, -0.1) is 22.7 Å². The maximum absolute atomic E-state index is 10.4. The standard InChI is InChI=1S/C15H14O2S2/c1-2-17-11-5-3-10(4-6-11)15(16)14-9-13-12(19-14)7-8-18-13/h3-9,15-16H,2H2,1H3. The summed E-state index contributed by atoms with van der Waals surface area (Å²) in [6, 6.07) is 11.8. The Balaban J connectivity index is 1.86. The van der Waals surface area contributed by atoms with Crippen LogP contribution >= 0.6 is 22.7 Å². The molecule has 2 aromatic heterocycles. The molecular weight excluding hydrogens is 276 g/mol. The normalized spacial score (nSPS) is 12.7. The molecule has 3 aromatic rings. The fourth-order valence-corrected chi connectivity index (χ4v) is 4.13. The van der Waals surface area contributed by atoms with Crippen molar-refractivity contribution in [3.8, 4) is 5.75 Å². The molecule has 4 heteroatoms. The van der Waals surface area contributed by atoms with Gasteiger partial charge in [-0.25, -0.2) is 0 Å². The molecule has 0 radical (unpaired) electrons. The van der Waals surface area contributed by atoms with Gasteiger partial charge < -0.3 is 9.84 Å². The van der Waals surface area contributed by atoms with E-state index in [0.717, 1.165) is 16.2 Å². The van der Waals surface area contributed by atoms with Crippen LogP contribution in [-0.4, -0.2) is 11.7 Å². The predicted molar refractivity (Wildman–Crippen MR) is 81.4 cm³/mol. The van der Waals surface area contributed by atoms with E-state index in [1.165, 1.54) is 9.40 Å². The zero-order valence-electron chi connectivity index (χ0n) is 10.5. The van der Waals surface area contributed by atoms with Crippen LogP contribution < -0.4 is 4.74 Å². The van der Waals surface area contributed by atoms with Crippen molar-refractivity contribution >= 4 is 32.1 Å². The number of fused-ring (bicyclic) bond motifs is 1. The summed E-state index contributed by atoms with van der Waals surface area (Å²) < 4.78 is 7.89. The Hall–Kier alpha value is -1.36. The molecule has 98 valence electrons. The molecular formula is C15H14O2S2. The Morgan fingerprint density at radius 3 is 2.63 bits per heavy atom. The highest BCUT2D eigenvalue weighted by Crippen LogP contribution is 2.36. The number of thiophene rings is 2. The van der Waals surface area contributed by atoms with Crippen molar-refractivity contribution < 1.29 is 9.84 Å². The van der Waals surface area contributed by atoms with Gasteiger partial charge in [0.15, 0.2) is 0 Å². The van der Waals surface area contributed by atoms with Crippen LogP contribution in [0, 0.1) is 0 Å². The summed E-state index contributed by atoms with van der Waals surface area (Å²) in [6.45, 7) is 2.62. The number of rotatable bonds is 4. The first-order valence-corrected chi connectivity index (χ1v) is 7.85. The minimum Gasteiger partial charge on any atom is -0.494 e. The Morgan fingerprint density at radius 2 is 1.95 bits per heavy atom. The molecule has 1 N–H and O–H groups in total. The fraction of sp³-hybridized carbons (Fsp3) is 0.200. The first kappa shape index (κ1) is 12.7. The van der Waals surface area contributed by atoms with Gasteiger partial charge in [0.25, 0.3) is 0 Å². The van der Waals surface area contributed by atoms with Crippen LogP contribution in [0.4, 0.5) is 0 Å².